The van der Waals surface area contributed by atoms with Gasteiger partial charge in [-0.05, 0) is 91.8 Å². The Balaban J connectivity index is 1.19. The fourth-order valence-electron chi connectivity index (χ4n) is 6.60. The van der Waals surface area contributed by atoms with Gasteiger partial charge in [0.2, 0.25) is 5.91 Å². The molecule has 0 unspecified atom stereocenters. The van der Waals surface area contributed by atoms with E-state index in [1.165, 1.54) is 28.8 Å². The molecule has 1 atom stereocenters. The number of nitrogens with one attached hydrogen (secondary N) is 1. The number of carbonyl (C=O) groups is 2. The molecule has 1 aliphatic heterocycles. The number of para-hydroxylation sites is 1. The summed E-state index contributed by atoms with van der Waals surface area (Å²) < 4.78 is 5.70. The predicted molar refractivity (Wildman–Crippen MR) is 176 cm³/mol. The van der Waals surface area contributed by atoms with E-state index in [4.69, 9.17) is 16.0 Å². The largest absolute Gasteiger partial charge is 0.504 e. The first-order chi connectivity index (χ1) is 21.8. The summed E-state index contributed by atoms with van der Waals surface area (Å²) in [6, 6.07) is 21.4. The average Bonchev–Trinajstić information content (AvgIpc) is 3.04. The van der Waals surface area contributed by atoms with E-state index in [1.54, 1.807) is 12.1 Å². The van der Waals surface area contributed by atoms with Crippen LogP contribution in [0.15, 0.2) is 93.7 Å². The second-order valence-electron chi connectivity index (χ2n) is 12.1. The number of amides is 2. The van der Waals surface area contributed by atoms with Crippen LogP contribution in [0.25, 0.3) is 11.0 Å². The molecular formula is C37H37ClN2O5. The summed E-state index contributed by atoms with van der Waals surface area (Å²) in [7, 11) is 0. The molecule has 2 N–H and O–H groups in total. The minimum atomic E-state index is -0.525. The molecule has 7 nitrogen and oxygen atoms in total. The Bertz CT molecular complexity index is 1790. The van der Waals surface area contributed by atoms with Crippen molar-refractivity contribution in [3.8, 4) is 5.75 Å². The second-order valence-corrected chi connectivity index (χ2v) is 12.5. The van der Waals surface area contributed by atoms with Crippen molar-refractivity contribution in [2.45, 2.75) is 69.9 Å². The van der Waals surface area contributed by atoms with Crippen molar-refractivity contribution in [3.63, 3.8) is 0 Å². The first kappa shape index (κ1) is 30.7. The Labute approximate surface area is 267 Å². The van der Waals surface area contributed by atoms with Crippen LogP contribution in [-0.2, 0) is 17.8 Å². The van der Waals surface area contributed by atoms with Gasteiger partial charge in [-0.3, -0.25) is 14.4 Å². The Morgan fingerprint density at radius 2 is 1.78 bits per heavy atom. The van der Waals surface area contributed by atoms with Gasteiger partial charge in [0, 0.05) is 30.6 Å². The average molecular weight is 625 g/mol. The van der Waals surface area contributed by atoms with Gasteiger partial charge in [-0.15, -0.1) is 0 Å². The summed E-state index contributed by atoms with van der Waals surface area (Å²) in [5.41, 5.74) is 4.44. The zero-order valence-corrected chi connectivity index (χ0v) is 25.9. The van der Waals surface area contributed by atoms with Crippen LogP contribution in [0.2, 0.25) is 5.02 Å². The number of fused-ring (bicyclic) bond motifs is 1. The van der Waals surface area contributed by atoms with E-state index in [9.17, 15) is 19.5 Å². The molecule has 8 heteroatoms. The lowest BCUT2D eigenvalue weighted by Crippen LogP contribution is -2.36. The number of rotatable bonds is 8. The molecule has 6 rings (SSSR count). The highest BCUT2D eigenvalue weighted by atomic mass is 35.5. The van der Waals surface area contributed by atoms with E-state index in [2.05, 4.69) is 35.7 Å². The van der Waals surface area contributed by atoms with Crippen molar-refractivity contribution in [2.24, 2.45) is 0 Å². The monoisotopic (exact) mass is 624 g/mol. The topological polar surface area (TPSA) is 99.9 Å². The zero-order chi connectivity index (χ0) is 31.3. The molecule has 0 bridgehead atoms. The Hall–Kier alpha value is -4.36. The maximum Gasteiger partial charge on any atom is 0.287 e. The summed E-state index contributed by atoms with van der Waals surface area (Å²) in [6.45, 7) is 1.50. The van der Waals surface area contributed by atoms with Crippen molar-refractivity contribution in [1.29, 1.82) is 0 Å². The van der Waals surface area contributed by atoms with Crippen molar-refractivity contribution in [1.82, 2.24) is 10.2 Å². The number of hydrogen-bond donors (Lipinski definition) is 2. The van der Waals surface area contributed by atoms with E-state index in [0.29, 0.717) is 30.3 Å². The van der Waals surface area contributed by atoms with Crippen LogP contribution in [0.4, 0.5) is 0 Å². The molecule has 232 valence electrons. The quantitative estimate of drug-likeness (QED) is 0.201. The maximum absolute atomic E-state index is 13.4. The number of phenolic OH excluding ortho intramolecular Hbond substituents is 1. The molecule has 0 radical (unpaired) electrons. The number of phenols is 1. The van der Waals surface area contributed by atoms with Crippen molar-refractivity contribution >= 4 is 34.4 Å². The first-order valence-corrected chi connectivity index (χ1v) is 16.1. The third-order valence-corrected chi connectivity index (χ3v) is 9.24. The van der Waals surface area contributed by atoms with Crippen LogP contribution in [0.5, 0.6) is 5.75 Å². The molecule has 2 aliphatic rings. The molecular weight excluding hydrogens is 588 g/mol. The van der Waals surface area contributed by atoms with Gasteiger partial charge >= 0.3 is 0 Å². The molecule has 2 fully saturated rings. The zero-order valence-electron chi connectivity index (χ0n) is 25.1. The van der Waals surface area contributed by atoms with Gasteiger partial charge in [0.25, 0.3) is 5.91 Å². The molecule has 4 aromatic rings. The van der Waals surface area contributed by atoms with E-state index >= 15 is 0 Å². The number of aromatic hydroxyl groups is 1. The lowest BCUT2D eigenvalue weighted by molar-refractivity contribution is -0.133. The van der Waals surface area contributed by atoms with Crippen LogP contribution in [0.1, 0.15) is 78.1 Å². The minimum Gasteiger partial charge on any atom is -0.504 e. The van der Waals surface area contributed by atoms with Crippen molar-refractivity contribution in [2.75, 3.05) is 6.54 Å². The van der Waals surface area contributed by atoms with E-state index < -0.39 is 11.3 Å². The summed E-state index contributed by atoms with van der Waals surface area (Å²) >= 11 is 6.12. The van der Waals surface area contributed by atoms with Crippen LogP contribution in [-0.4, -0.2) is 34.4 Å². The third kappa shape index (κ3) is 7.31. The number of nitrogens with zero attached hydrogens (tertiary/aromatic N) is 1. The molecule has 0 spiro atoms. The first-order valence-electron chi connectivity index (χ1n) is 15.7. The maximum atomic E-state index is 13.4. The van der Waals surface area contributed by atoms with Crippen LogP contribution in [0, 0.1) is 0 Å². The van der Waals surface area contributed by atoms with Crippen molar-refractivity contribution < 1.29 is 19.1 Å². The number of halogens is 1. The molecule has 45 heavy (non-hydrogen) atoms. The van der Waals surface area contributed by atoms with Gasteiger partial charge in [0.1, 0.15) is 0 Å². The summed E-state index contributed by atoms with van der Waals surface area (Å²) in [5.74, 6) is -0.218. The second kappa shape index (κ2) is 13.7. The smallest absolute Gasteiger partial charge is 0.287 e. The van der Waals surface area contributed by atoms with Gasteiger partial charge < -0.3 is 19.7 Å². The van der Waals surface area contributed by atoms with Crippen LogP contribution < -0.4 is 10.7 Å². The standard InChI is InChI=1S/C37H37ClN2O5/c38-28-17-13-25(14-18-28)21-29(39-37(44)34-22-33(42)31-8-5-9-32(41)36(31)45-34)20-24-11-15-26(16-12-24)30-7-2-1-6-27(30)23-40-19-4-3-10-35(40)43/h1-2,5-9,13-14,17-18,20,22,26,29,41H,3-4,10-12,15-16,19,21,23H2,(H,39,44)/t26?,29-/m0/s1. The van der Waals surface area contributed by atoms with Gasteiger partial charge in [0.05, 0.1) is 11.4 Å². The number of allylic oxidation sites excluding steroid dienone is 1. The van der Waals surface area contributed by atoms with E-state index in [0.717, 1.165) is 50.6 Å². The number of benzene rings is 3. The summed E-state index contributed by atoms with van der Waals surface area (Å²) in [6.07, 6.45) is 9.12. The normalized spacial score (nSPS) is 17.7. The number of piperidine rings is 1. The highest BCUT2D eigenvalue weighted by Crippen LogP contribution is 2.37. The molecule has 2 amide bonds. The SMILES string of the molecule is O=C(N[C@@H](C=C1CCC(c2ccccc2CN2CCCCC2=O)CC1)Cc1ccc(Cl)cc1)c1cc(=O)c2cccc(O)c2o1. The number of likely N-dealkylation sites (tertiary alicyclic amines) is 1. The Morgan fingerprint density at radius 1 is 1.00 bits per heavy atom. The van der Waals surface area contributed by atoms with Gasteiger partial charge in [-0.25, -0.2) is 0 Å². The summed E-state index contributed by atoms with van der Waals surface area (Å²) in [5, 5.41) is 14.1. The van der Waals surface area contributed by atoms with Gasteiger partial charge in [-0.2, -0.15) is 0 Å². The Kier molecular flexibility index (Phi) is 9.36. The number of hydrogen-bond acceptors (Lipinski definition) is 5. The predicted octanol–water partition coefficient (Wildman–Crippen LogP) is 7.29. The highest BCUT2D eigenvalue weighted by Gasteiger charge is 2.25. The molecule has 1 saturated heterocycles. The minimum absolute atomic E-state index is 0.00832. The summed E-state index contributed by atoms with van der Waals surface area (Å²) in [4.78, 5) is 40.6. The van der Waals surface area contributed by atoms with Crippen LogP contribution in [0.3, 0.4) is 0 Å². The van der Waals surface area contributed by atoms with Crippen molar-refractivity contribution in [3.05, 3.63) is 122 Å². The fourth-order valence-corrected chi connectivity index (χ4v) is 6.73. The van der Waals surface area contributed by atoms with Crippen LogP contribution >= 0.6 is 11.6 Å². The lowest BCUT2D eigenvalue weighted by atomic mass is 9.79. The fraction of sp³-hybridized carbons (Fsp3) is 0.324. The third-order valence-electron chi connectivity index (χ3n) is 8.99. The number of carbonyl (C=O) groups excluding carboxylic acids is 2. The highest BCUT2D eigenvalue weighted by molar-refractivity contribution is 6.30. The molecule has 1 aliphatic carbocycles. The Morgan fingerprint density at radius 3 is 2.56 bits per heavy atom. The molecule has 2 heterocycles. The lowest BCUT2D eigenvalue weighted by Gasteiger charge is -2.31. The molecule has 1 saturated carbocycles. The molecule has 3 aromatic carbocycles. The van der Waals surface area contributed by atoms with E-state index in [-0.39, 0.29) is 34.4 Å². The molecule has 1 aromatic heterocycles. The van der Waals surface area contributed by atoms with Gasteiger partial charge in [-0.1, -0.05) is 65.7 Å². The van der Waals surface area contributed by atoms with Gasteiger partial charge in [0.15, 0.2) is 22.5 Å². The van der Waals surface area contributed by atoms with E-state index in [1.807, 2.05) is 29.2 Å².